The first-order chi connectivity index (χ1) is 10.1. The number of aliphatic hydroxyl groups is 1. The number of anilines is 1. The molecule has 0 spiro atoms. The minimum Gasteiger partial charge on any atom is -0.383 e. The van der Waals surface area contributed by atoms with Crippen LogP contribution in [-0.4, -0.2) is 65.2 Å². The van der Waals surface area contributed by atoms with Gasteiger partial charge in [0.1, 0.15) is 6.10 Å². The Kier molecular flexibility index (Phi) is 5.87. The third-order valence-electron chi connectivity index (χ3n) is 3.72. The first kappa shape index (κ1) is 16.1. The Labute approximate surface area is 130 Å². The maximum absolute atomic E-state index is 12.1. The highest BCUT2D eigenvalue weighted by atomic mass is 32.2. The first-order valence-electron chi connectivity index (χ1n) is 7.25. The molecular formula is C15H23N3O2S. The first-order valence-corrected chi connectivity index (χ1v) is 8.64. The Morgan fingerprint density at radius 2 is 2.14 bits per heavy atom. The molecule has 1 saturated heterocycles. The molecule has 1 aliphatic heterocycles. The van der Waals surface area contributed by atoms with Crippen LogP contribution in [0.1, 0.15) is 12.1 Å². The van der Waals surface area contributed by atoms with Gasteiger partial charge in [0.25, 0.3) is 5.91 Å². The number of thioether (sulfide) groups is 1. The van der Waals surface area contributed by atoms with Gasteiger partial charge in [-0.15, -0.1) is 0 Å². The molecular weight excluding hydrogens is 286 g/mol. The van der Waals surface area contributed by atoms with E-state index in [0.717, 1.165) is 30.2 Å². The van der Waals surface area contributed by atoms with Gasteiger partial charge in [-0.2, -0.15) is 11.8 Å². The van der Waals surface area contributed by atoms with Crippen molar-refractivity contribution in [2.24, 2.45) is 0 Å². The summed E-state index contributed by atoms with van der Waals surface area (Å²) >= 11 is 1.65. The maximum Gasteiger partial charge on any atom is 0.251 e. The van der Waals surface area contributed by atoms with Crippen LogP contribution >= 0.6 is 11.8 Å². The molecule has 1 aliphatic rings. The summed E-state index contributed by atoms with van der Waals surface area (Å²) in [6, 6.07) is 4.06. The number of amides is 1. The lowest BCUT2D eigenvalue weighted by molar-refractivity contribution is -0.140. The quantitative estimate of drug-likeness (QED) is 0.884. The van der Waals surface area contributed by atoms with Gasteiger partial charge in [-0.25, -0.2) is 0 Å². The standard InChI is InChI=1S/C15H23N3O2S/c1-12-11-13(3-5-16-12)17-6-8-18(9-7-17)15(20)14(19)4-10-21-2/h3,5,11,14,19H,4,6-10H2,1-2H3/t14-/m0/s1. The zero-order valence-corrected chi connectivity index (χ0v) is 13.5. The van der Waals surface area contributed by atoms with E-state index in [2.05, 4.69) is 16.0 Å². The molecule has 1 aromatic heterocycles. The van der Waals surface area contributed by atoms with Crippen molar-refractivity contribution in [1.29, 1.82) is 0 Å². The van der Waals surface area contributed by atoms with Crippen molar-refractivity contribution in [1.82, 2.24) is 9.88 Å². The van der Waals surface area contributed by atoms with Crippen LogP contribution in [0, 0.1) is 6.92 Å². The second-order valence-electron chi connectivity index (χ2n) is 5.27. The van der Waals surface area contributed by atoms with Crippen LogP contribution in [0.15, 0.2) is 18.3 Å². The molecule has 1 atom stereocenters. The molecule has 116 valence electrons. The Morgan fingerprint density at radius 3 is 2.76 bits per heavy atom. The van der Waals surface area contributed by atoms with Gasteiger partial charge in [0.15, 0.2) is 0 Å². The lowest BCUT2D eigenvalue weighted by atomic mass is 10.2. The molecule has 1 amide bonds. The topological polar surface area (TPSA) is 56.7 Å². The van der Waals surface area contributed by atoms with Crippen molar-refractivity contribution in [3.8, 4) is 0 Å². The molecule has 1 N–H and O–H groups in total. The molecule has 0 aliphatic carbocycles. The van der Waals surface area contributed by atoms with Crippen molar-refractivity contribution < 1.29 is 9.90 Å². The number of nitrogens with zero attached hydrogens (tertiary/aromatic N) is 3. The van der Waals surface area contributed by atoms with Crippen molar-refractivity contribution >= 4 is 23.4 Å². The van der Waals surface area contributed by atoms with E-state index in [1.54, 1.807) is 16.7 Å². The molecule has 1 fully saturated rings. The summed E-state index contributed by atoms with van der Waals surface area (Å²) in [5, 5.41) is 9.89. The highest BCUT2D eigenvalue weighted by molar-refractivity contribution is 7.98. The molecule has 2 heterocycles. The van der Waals surface area contributed by atoms with E-state index < -0.39 is 6.10 Å². The second kappa shape index (κ2) is 7.66. The maximum atomic E-state index is 12.1. The molecule has 0 saturated carbocycles. The van der Waals surface area contributed by atoms with Crippen LogP contribution in [-0.2, 0) is 4.79 Å². The van der Waals surface area contributed by atoms with E-state index in [9.17, 15) is 9.90 Å². The fourth-order valence-electron chi connectivity index (χ4n) is 2.48. The molecule has 0 bridgehead atoms. The smallest absolute Gasteiger partial charge is 0.251 e. The summed E-state index contributed by atoms with van der Waals surface area (Å²) in [4.78, 5) is 20.4. The predicted octanol–water partition coefficient (Wildman–Crippen LogP) is 1.15. The normalized spacial score (nSPS) is 16.9. The number of hydrogen-bond donors (Lipinski definition) is 1. The van der Waals surface area contributed by atoms with Gasteiger partial charge in [0.05, 0.1) is 0 Å². The van der Waals surface area contributed by atoms with Crippen molar-refractivity contribution in [2.45, 2.75) is 19.4 Å². The van der Waals surface area contributed by atoms with Gasteiger partial charge in [0, 0.05) is 43.8 Å². The van der Waals surface area contributed by atoms with E-state index >= 15 is 0 Å². The number of carbonyl (C=O) groups excluding carboxylic acids is 1. The summed E-state index contributed by atoms with van der Waals surface area (Å²) in [5.41, 5.74) is 2.15. The monoisotopic (exact) mass is 309 g/mol. The molecule has 6 heteroatoms. The highest BCUT2D eigenvalue weighted by Gasteiger charge is 2.25. The van der Waals surface area contributed by atoms with Crippen LogP contribution in [0.5, 0.6) is 0 Å². The number of aromatic nitrogens is 1. The van der Waals surface area contributed by atoms with Crippen molar-refractivity contribution in [2.75, 3.05) is 43.1 Å². The Bertz CT molecular complexity index is 476. The number of carbonyl (C=O) groups is 1. The molecule has 5 nitrogen and oxygen atoms in total. The molecule has 0 radical (unpaired) electrons. The average molecular weight is 309 g/mol. The van der Waals surface area contributed by atoms with E-state index in [1.165, 1.54) is 0 Å². The lowest BCUT2D eigenvalue weighted by Crippen LogP contribution is -2.51. The van der Waals surface area contributed by atoms with Crippen molar-refractivity contribution in [3.05, 3.63) is 24.0 Å². The van der Waals surface area contributed by atoms with Crippen LogP contribution in [0.2, 0.25) is 0 Å². The van der Waals surface area contributed by atoms with Crippen molar-refractivity contribution in [3.63, 3.8) is 0 Å². The van der Waals surface area contributed by atoms with E-state index in [0.29, 0.717) is 19.5 Å². The minimum absolute atomic E-state index is 0.130. The number of hydrogen-bond acceptors (Lipinski definition) is 5. The summed E-state index contributed by atoms with van der Waals surface area (Å²) in [5.74, 6) is 0.679. The molecule has 0 aromatic carbocycles. The van der Waals surface area contributed by atoms with Gasteiger partial charge < -0.3 is 14.9 Å². The molecule has 2 rings (SSSR count). The molecule has 0 unspecified atom stereocenters. The van der Waals surface area contributed by atoms with Gasteiger partial charge in [0.2, 0.25) is 0 Å². The summed E-state index contributed by atoms with van der Waals surface area (Å²) in [6.07, 6.45) is 3.47. The van der Waals surface area contributed by atoms with E-state index in [1.807, 2.05) is 25.4 Å². The molecule has 1 aromatic rings. The third-order valence-corrected chi connectivity index (χ3v) is 4.36. The second-order valence-corrected chi connectivity index (χ2v) is 6.25. The largest absolute Gasteiger partial charge is 0.383 e. The van der Waals surface area contributed by atoms with Gasteiger partial charge in [-0.1, -0.05) is 0 Å². The fraction of sp³-hybridized carbons (Fsp3) is 0.600. The van der Waals surface area contributed by atoms with Crippen LogP contribution in [0.4, 0.5) is 5.69 Å². The average Bonchev–Trinajstić information content (AvgIpc) is 2.52. The number of aliphatic hydroxyl groups excluding tert-OH is 1. The number of aryl methyl sites for hydroxylation is 1. The SMILES string of the molecule is CSCC[C@H](O)C(=O)N1CCN(c2ccnc(C)c2)CC1. The van der Waals surface area contributed by atoms with Gasteiger partial charge in [-0.05, 0) is 37.5 Å². The van der Waals surface area contributed by atoms with Crippen LogP contribution in [0.25, 0.3) is 0 Å². The highest BCUT2D eigenvalue weighted by Crippen LogP contribution is 2.17. The van der Waals surface area contributed by atoms with Gasteiger partial charge in [-0.3, -0.25) is 9.78 Å². The Morgan fingerprint density at radius 1 is 1.43 bits per heavy atom. The molecule has 21 heavy (non-hydrogen) atoms. The number of piperazine rings is 1. The van der Waals surface area contributed by atoms with E-state index in [-0.39, 0.29) is 5.91 Å². The minimum atomic E-state index is -0.854. The summed E-state index contributed by atoms with van der Waals surface area (Å²) in [7, 11) is 0. The van der Waals surface area contributed by atoms with Crippen LogP contribution < -0.4 is 4.90 Å². The number of rotatable bonds is 5. The zero-order valence-electron chi connectivity index (χ0n) is 12.7. The predicted molar refractivity (Wildman–Crippen MR) is 86.8 cm³/mol. The number of pyridine rings is 1. The lowest BCUT2D eigenvalue weighted by Gasteiger charge is -2.37. The van der Waals surface area contributed by atoms with E-state index in [4.69, 9.17) is 0 Å². The Hall–Kier alpha value is -1.27. The fourth-order valence-corrected chi connectivity index (χ4v) is 2.94. The third kappa shape index (κ3) is 4.35. The van der Waals surface area contributed by atoms with Gasteiger partial charge >= 0.3 is 0 Å². The van der Waals surface area contributed by atoms with Crippen LogP contribution in [0.3, 0.4) is 0 Å². The zero-order chi connectivity index (χ0) is 15.2. The summed E-state index contributed by atoms with van der Waals surface area (Å²) in [6.45, 7) is 4.90. The summed E-state index contributed by atoms with van der Waals surface area (Å²) < 4.78 is 0. The Balaban J connectivity index is 1.87.